The van der Waals surface area contributed by atoms with Gasteiger partial charge in [0.15, 0.2) is 5.13 Å². The summed E-state index contributed by atoms with van der Waals surface area (Å²) in [5.74, 6) is 0. The van der Waals surface area contributed by atoms with E-state index in [9.17, 15) is 5.11 Å². The molecule has 1 aliphatic rings. The first-order valence-electron chi connectivity index (χ1n) is 7.03. The standard InChI is InChI=1S/C15H18ClN3OS/c16-14-13(11-20)21-15(17-14)19-8-6-18(7-9-19)10-12-4-2-1-3-5-12/h1-5,20H,6-11H2. The van der Waals surface area contributed by atoms with Gasteiger partial charge in [-0.15, -0.1) is 0 Å². The molecule has 0 atom stereocenters. The van der Waals surface area contributed by atoms with Crippen molar-refractivity contribution < 1.29 is 5.11 Å². The Labute approximate surface area is 133 Å². The summed E-state index contributed by atoms with van der Waals surface area (Å²) < 4.78 is 0. The second-order valence-electron chi connectivity index (χ2n) is 5.12. The number of piperazine rings is 1. The van der Waals surface area contributed by atoms with Crippen LogP contribution in [0.25, 0.3) is 0 Å². The van der Waals surface area contributed by atoms with Crippen molar-refractivity contribution in [3.8, 4) is 0 Å². The van der Waals surface area contributed by atoms with Crippen molar-refractivity contribution in [2.75, 3.05) is 31.1 Å². The number of halogens is 1. The predicted molar refractivity (Wildman–Crippen MR) is 87.0 cm³/mol. The van der Waals surface area contributed by atoms with Gasteiger partial charge in [0.1, 0.15) is 5.15 Å². The molecule has 1 aliphatic heterocycles. The van der Waals surface area contributed by atoms with Gasteiger partial charge in [0.25, 0.3) is 0 Å². The molecule has 3 rings (SSSR count). The van der Waals surface area contributed by atoms with Crippen molar-refractivity contribution >= 4 is 28.1 Å². The summed E-state index contributed by atoms with van der Waals surface area (Å²) in [5.41, 5.74) is 1.35. The van der Waals surface area contributed by atoms with Crippen LogP contribution in [-0.4, -0.2) is 41.2 Å². The largest absolute Gasteiger partial charge is 0.391 e. The van der Waals surface area contributed by atoms with Gasteiger partial charge >= 0.3 is 0 Å². The van der Waals surface area contributed by atoms with Gasteiger partial charge in [-0.05, 0) is 5.56 Å². The molecule has 21 heavy (non-hydrogen) atoms. The van der Waals surface area contributed by atoms with E-state index in [1.807, 2.05) is 6.07 Å². The first-order valence-corrected chi connectivity index (χ1v) is 8.23. The highest BCUT2D eigenvalue weighted by atomic mass is 35.5. The Hall–Kier alpha value is -1.14. The Kier molecular flexibility index (Phi) is 4.75. The molecule has 1 aromatic heterocycles. The zero-order chi connectivity index (χ0) is 14.7. The fraction of sp³-hybridized carbons (Fsp3) is 0.400. The number of aromatic nitrogens is 1. The van der Waals surface area contributed by atoms with Crippen LogP contribution in [0.2, 0.25) is 5.15 Å². The van der Waals surface area contributed by atoms with E-state index >= 15 is 0 Å². The lowest BCUT2D eigenvalue weighted by atomic mass is 10.2. The Morgan fingerprint density at radius 2 is 1.86 bits per heavy atom. The van der Waals surface area contributed by atoms with E-state index < -0.39 is 0 Å². The Bertz CT molecular complexity index is 582. The Balaban J connectivity index is 1.57. The summed E-state index contributed by atoms with van der Waals surface area (Å²) in [7, 11) is 0. The Morgan fingerprint density at radius 1 is 1.14 bits per heavy atom. The molecule has 0 aliphatic carbocycles. The molecule has 0 saturated carbocycles. The van der Waals surface area contributed by atoms with Crippen LogP contribution in [-0.2, 0) is 13.2 Å². The molecule has 0 radical (unpaired) electrons. The number of hydrogen-bond acceptors (Lipinski definition) is 5. The minimum atomic E-state index is -0.0372. The van der Waals surface area contributed by atoms with Crippen molar-refractivity contribution in [1.29, 1.82) is 0 Å². The summed E-state index contributed by atoms with van der Waals surface area (Å²) in [4.78, 5) is 9.79. The van der Waals surface area contributed by atoms with Crippen LogP contribution in [0.15, 0.2) is 30.3 Å². The maximum atomic E-state index is 9.20. The van der Waals surface area contributed by atoms with Crippen LogP contribution in [0.1, 0.15) is 10.4 Å². The first kappa shape index (κ1) is 14.8. The smallest absolute Gasteiger partial charge is 0.187 e. The number of nitrogens with zero attached hydrogens (tertiary/aromatic N) is 3. The van der Waals surface area contributed by atoms with Crippen molar-refractivity contribution in [3.63, 3.8) is 0 Å². The van der Waals surface area contributed by atoms with E-state index in [2.05, 4.69) is 39.0 Å². The van der Waals surface area contributed by atoms with Crippen LogP contribution in [0.4, 0.5) is 5.13 Å². The van der Waals surface area contributed by atoms with Gasteiger partial charge in [-0.1, -0.05) is 53.3 Å². The van der Waals surface area contributed by atoms with Gasteiger partial charge in [-0.2, -0.15) is 0 Å². The molecule has 0 bridgehead atoms. The zero-order valence-corrected chi connectivity index (χ0v) is 13.3. The second kappa shape index (κ2) is 6.75. The molecule has 1 fully saturated rings. The fourth-order valence-corrected chi connectivity index (χ4v) is 3.66. The van der Waals surface area contributed by atoms with Gasteiger partial charge in [0.05, 0.1) is 11.5 Å². The van der Waals surface area contributed by atoms with E-state index in [-0.39, 0.29) is 6.61 Å². The van der Waals surface area contributed by atoms with Crippen LogP contribution >= 0.6 is 22.9 Å². The number of benzene rings is 1. The summed E-state index contributed by atoms with van der Waals surface area (Å²) in [5, 5.41) is 10.5. The molecule has 112 valence electrons. The number of thiazole rings is 1. The monoisotopic (exact) mass is 323 g/mol. The normalized spacial score (nSPS) is 16.4. The number of rotatable bonds is 4. The number of anilines is 1. The van der Waals surface area contributed by atoms with Crippen molar-refractivity contribution in [3.05, 3.63) is 45.9 Å². The third-order valence-electron chi connectivity index (χ3n) is 3.67. The zero-order valence-electron chi connectivity index (χ0n) is 11.7. The van der Waals surface area contributed by atoms with Gasteiger partial charge in [0.2, 0.25) is 0 Å². The molecular weight excluding hydrogens is 306 g/mol. The molecule has 0 amide bonds. The van der Waals surface area contributed by atoms with Gasteiger partial charge in [0, 0.05) is 32.7 Å². The van der Waals surface area contributed by atoms with Crippen LogP contribution in [0, 0.1) is 0 Å². The maximum Gasteiger partial charge on any atom is 0.187 e. The first-order chi connectivity index (χ1) is 10.3. The topological polar surface area (TPSA) is 39.6 Å². The summed E-state index contributed by atoms with van der Waals surface area (Å²) in [6.07, 6.45) is 0. The number of aliphatic hydroxyl groups excluding tert-OH is 1. The van der Waals surface area contributed by atoms with Gasteiger partial charge < -0.3 is 10.0 Å². The maximum absolute atomic E-state index is 9.20. The van der Waals surface area contributed by atoms with Crippen LogP contribution < -0.4 is 4.90 Å². The van der Waals surface area contributed by atoms with Crippen LogP contribution in [0.5, 0.6) is 0 Å². The van der Waals surface area contributed by atoms with E-state index in [0.717, 1.165) is 42.7 Å². The van der Waals surface area contributed by atoms with E-state index in [4.69, 9.17) is 11.6 Å². The molecule has 1 aromatic carbocycles. The lowest BCUT2D eigenvalue weighted by Crippen LogP contribution is -2.45. The minimum Gasteiger partial charge on any atom is -0.391 e. The second-order valence-corrected chi connectivity index (χ2v) is 6.54. The number of hydrogen-bond donors (Lipinski definition) is 1. The summed E-state index contributed by atoms with van der Waals surface area (Å²) in [6, 6.07) is 10.5. The number of aliphatic hydroxyl groups is 1. The van der Waals surface area contributed by atoms with E-state index in [1.54, 1.807) is 0 Å². The van der Waals surface area contributed by atoms with Gasteiger partial charge in [-0.3, -0.25) is 4.90 Å². The molecule has 4 nitrogen and oxygen atoms in total. The van der Waals surface area contributed by atoms with E-state index in [0.29, 0.717) is 5.15 Å². The van der Waals surface area contributed by atoms with Crippen molar-refractivity contribution in [2.45, 2.75) is 13.2 Å². The fourth-order valence-electron chi connectivity index (χ4n) is 2.49. The highest BCUT2D eigenvalue weighted by Crippen LogP contribution is 2.30. The molecular formula is C15H18ClN3OS. The van der Waals surface area contributed by atoms with Crippen LogP contribution in [0.3, 0.4) is 0 Å². The van der Waals surface area contributed by atoms with Gasteiger partial charge in [-0.25, -0.2) is 4.98 Å². The third kappa shape index (κ3) is 3.55. The molecule has 1 saturated heterocycles. The average molecular weight is 324 g/mol. The third-order valence-corrected chi connectivity index (χ3v) is 5.20. The van der Waals surface area contributed by atoms with Crippen molar-refractivity contribution in [2.24, 2.45) is 0 Å². The quantitative estimate of drug-likeness (QED) is 0.939. The van der Waals surface area contributed by atoms with E-state index in [1.165, 1.54) is 16.9 Å². The van der Waals surface area contributed by atoms with Crippen molar-refractivity contribution in [1.82, 2.24) is 9.88 Å². The summed E-state index contributed by atoms with van der Waals surface area (Å²) >= 11 is 7.49. The lowest BCUT2D eigenvalue weighted by Gasteiger charge is -2.34. The predicted octanol–water partition coefficient (Wildman–Crippen LogP) is 2.61. The molecule has 0 unspecified atom stereocenters. The highest BCUT2D eigenvalue weighted by Gasteiger charge is 2.20. The SMILES string of the molecule is OCc1sc(N2CCN(Cc3ccccc3)CC2)nc1Cl. The molecule has 2 heterocycles. The average Bonchev–Trinajstić information content (AvgIpc) is 2.90. The molecule has 2 aromatic rings. The molecule has 0 spiro atoms. The highest BCUT2D eigenvalue weighted by molar-refractivity contribution is 7.16. The summed E-state index contributed by atoms with van der Waals surface area (Å²) in [6.45, 7) is 4.88. The Morgan fingerprint density at radius 3 is 2.48 bits per heavy atom. The lowest BCUT2D eigenvalue weighted by molar-refractivity contribution is 0.250. The minimum absolute atomic E-state index is 0.0372. The molecule has 1 N–H and O–H groups in total. The molecule has 6 heteroatoms.